The molecule has 1 atom stereocenters. The number of hydrogen-bond acceptors (Lipinski definition) is 6. The summed E-state index contributed by atoms with van der Waals surface area (Å²) in [6.45, 7) is 8.98. The maximum atomic E-state index is 13.7. The number of aryl methyl sites for hydroxylation is 1. The summed E-state index contributed by atoms with van der Waals surface area (Å²) in [7, 11) is 0. The average molecular weight is 520 g/mol. The molecule has 196 valence electrons. The van der Waals surface area contributed by atoms with Crippen LogP contribution in [0.1, 0.15) is 70.0 Å². The van der Waals surface area contributed by atoms with Gasteiger partial charge in [0.1, 0.15) is 11.8 Å². The number of thioether (sulfide) groups is 1. The fourth-order valence-electron chi connectivity index (χ4n) is 4.37. The van der Waals surface area contributed by atoms with Gasteiger partial charge in [0.2, 0.25) is 11.1 Å². The van der Waals surface area contributed by atoms with Crippen molar-refractivity contribution < 1.29 is 9.53 Å². The van der Waals surface area contributed by atoms with Crippen LogP contribution in [0.2, 0.25) is 0 Å². The molecule has 2 heterocycles. The number of nitrogens with one attached hydrogen (secondary N) is 2. The molecule has 1 aliphatic rings. The summed E-state index contributed by atoms with van der Waals surface area (Å²) in [6, 6.07) is 15.4. The predicted molar refractivity (Wildman–Crippen MR) is 151 cm³/mol. The van der Waals surface area contributed by atoms with Crippen molar-refractivity contribution >= 4 is 29.3 Å². The molecule has 7 nitrogen and oxygen atoms in total. The van der Waals surface area contributed by atoms with Crippen LogP contribution < -0.4 is 15.4 Å². The van der Waals surface area contributed by atoms with Crippen LogP contribution in [0.4, 0.5) is 11.6 Å². The number of allylic oxidation sites excluding steroid dienone is 1. The smallest absolute Gasteiger partial charge is 0.255 e. The van der Waals surface area contributed by atoms with Crippen molar-refractivity contribution in [3.63, 3.8) is 0 Å². The Morgan fingerprint density at radius 2 is 1.89 bits per heavy atom. The third-order valence-electron chi connectivity index (χ3n) is 6.25. The third-order valence-corrected chi connectivity index (χ3v) is 7.29. The van der Waals surface area contributed by atoms with E-state index in [1.807, 2.05) is 67.1 Å². The van der Waals surface area contributed by atoms with Gasteiger partial charge in [0.25, 0.3) is 5.91 Å². The molecule has 37 heavy (non-hydrogen) atoms. The van der Waals surface area contributed by atoms with Crippen LogP contribution in [0, 0.1) is 6.92 Å². The molecule has 1 aliphatic heterocycles. The van der Waals surface area contributed by atoms with Gasteiger partial charge in [0, 0.05) is 17.1 Å². The summed E-state index contributed by atoms with van der Waals surface area (Å²) < 4.78 is 7.79. The van der Waals surface area contributed by atoms with Crippen LogP contribution in [0.25, 0.3) is 0 Å². The minimum Gasteiger partial charge on any atom is -0.494 e. The topological polar surface area (TPSA) is 81.1 Å². The number of nitrogens with zero attached hydrogens (tertiary/aromatic N) is 3. The maximum Gasteiger partial charge on any atom is 0.255 e. The fourth-order valence-corrected chi connectivity index (χ4v) is 5.06. The van der Waals surface area contributed by atoms with Crippen molar-refractivity contribution in [1.82, 2.24) is 14.8 Å². The molecule has 2 N–H and O–H groups in total. The molecule has 1 unspecified atom stereocenters. The number of carbonyl (C=O) groups is 1. The molecule has 0 fully saturated rings. The molecule has 3 aromatic rings. The van der Waals surface area contributed by atoms with Crippen LogP contribution in [0.15, 0.2) is 65.0 Å². The lowest BCUT2D eigenvalue weighted by Gasteiger charge is -2.28. The molecule has 0 spiro atoms. The van der Waals surface area contributed by atoms with Gasteiger partial charge < -0.3 is 15.4 Å². The Kier molecular flexibility index (Phi) is 9.28. The second-order valence-electron chi connectivity index (χ2n) is 9.38. The molecule has 0 bridgehead atoms. The van der Waals surface area contributed by atoms with Gasteiger partial charge in [0.15, 0.2) is 0 Å². The van der Waals surface area contributed by atoms with Gasteiger partial charge in [-0.15, -0.1) is 5.10 Å². The number of amides is 1. The molecule has 0 saturated carbocycles. The van der Waals surface area contributed by atoms with E-state index in [4.69, 9.17) is 14.8 Å². The molecule has 0 aliphatic carbocycles. The Balaban J connectivity index is 1.62. The summed E-state index contributed by atoms with van der Waals surface area (Å²) in [5, 5.41) is 11.9. The first kappa shape index (κ1) is 26.8. The van der Waals surface area contributed by atoms with Gasteiger partial charge >= 0.3 is 0 Å². The lowest BCUT2D eigenvalue weighted by molar-refractivity contribution is -0.113. The standard InChI is InChI=1S/C29H37N5O2S/c1-5-7-8-9-17-36-24-15-13-22(14-16-24)26-25(27(35)31-23-12-10-11-20(3)19-23)21(4)30-28-32-29(33-34(26)28)37-18-6-2/h10-16,19,26H,5-9,17-18H2,1-4H3,(H,31,35)(H,30,32,33). The zero-order valence-corrected chi connectivity index (χ0v) is 23.0. The number of carbonyl (C=O) groups excluding carboxylic acids is 1. The zero-order chi connectivity index (χ0) is 26.2. The van der Waals surface area contributed by atoms with Crippen LogP contribution in [-0.2, 0) is 4.79 Å². The van der Waals surface area contributed by atoms with Crippen molar-refractivity contribution in [3.05, 3.63) is 70.9 Å². The summed E-state index contributed by atoms with van der Waals surface area (Å²) in [5.74, 6) is 2.25. The van der Waals surface area contributed by atoms with E-state index in [0.29, 0.717) is 23.3 Å². The van der Waals surface area contributed by atoms with Crippen LogP contribution in [-0.4, -0.2) is 33.0 Å². The van der Waals surface area contributed by atoms with Gasteiger partial charge in [0.05, 0.1) is 12.2 Å². The summed E-state index contributed by atoms with van der Waals surface area (Å²) in [5.41, 5.74) is 4.17. The number of benzene rings is 2. The van der Waals surface area contributed by atoms with Crippen LogP contribution in [0.5, 0.6) is 5.75 Å². The monoisotopic (exact) mass is 519 g/mol. The quantitative estimate of drug-likeness (QED) is 0.199. The Morgan fingerprint density at radius 3 is 2.62 bits per heavy atom. The van der Waals surface area contributed by atoms with Gasteiger partial charge in [-0.25, -0.2) is 4.68 Å². The van der Waals surface area contributed by atoms with E-state index in [0.717, 1.165) is 46.9 Å². The number of hydrogen-bond donors (Lipinski definition) is 2. The van der Waals surface area contributed by atoms with E-state index < -0.39 is 6.04 Å². The highest BCUT2D eigenvalue weighted by Gasteiger charge is 2.34. The highest BCUT2D eigenvalue weighted by Crippen LogP contribution is 2.37. The molecule has 8 heteroatoms. The molecule has 4 rings (SSSR count). The molecular formula is C29H37N5O2S. The van der Waals surface area contributed by atoms with E-state index in [9.17, 15) is 4.79 Å². The van der Waals surface area contributed by atoms with Crippen molar-refractivity contribution in [1.29, 1.82) is 0 Å². The number of aromatic nitrogens is 3. The Labute approximate surface area is 224 Å². The van der Waals surface area contributed by atoms with Crippen molar-refractivity contribution in [3.8, 4) is 5.75 Å². The second kappa shape index (κ2) is 12.8. The first-order valence-electron chi connectivity index (χ1n) is 13.2. The number of unbranched alkanes of at least 4 members (excludes halogenated alkanes) is 3. The molecule has 1 amide bonds. The van der Waals surface area contributed by atoms with Crippen molar-refractivity contribution in [2.24, 2.45) is 0 Å². The summed E-state index contributed by atoms with van der Waals surface area (Å²) in [6.07, 6.45) is 5.71. The minimum atomic E-state index is -0.414. The van der Waals surface area contributed by atoms with E-state index in [-0.39, 0.29) is 5.91 Å². The van der Waals surface area contributed by atoms with Crippen LogP contribution in [0.3, 0.4) is 0 Å². The molecule has 1 aromatic heterocycles. The normalized spacial score (nSPS) is 14.8. The van der Waals surface area contributed by atoms with Crippen molar-refractivity contribution in [2.75, 3.05) is 23.0 Å². The lowest BCUT2D eigenvalue weighted by Crippen LogP contribution is -2.31. The number of ether oxygens (including phenoxy) is 1. The molecular weight excluding hydrogens is 482 g/mol. The van der Waals surface area contributed by atoms with Gasteiger partial charge in [-0.05, 0) is 62.1 Å². The second-order valence-corrected chi connectivity index (χ2v) is 10.4. The summed E-state index contributed by atoms with van der Waals surface area (Å²) in [4.78, 5) is 18.4. The molecule has 0 radical (unpaired) electrons. The third kappa shape index (κ3) is 6.74. The molecule has 0 saturated heterocycles. The average Bonchev–Trinajstić information content (AvgIpc) is 3.29. The number of anilines is 2. The maximum absolute atomic E-state index is 13.7. The van der Waals surface area contributed by atoms with Gasteiger partial charge in [-0.1, -0.05) is 69.1 Å². The first-order chi connectivity index (χ1) is 18.0. The number of fused-ring (bicyclic) bond motifs is 1. The van der Waals surface area contributed by atoms with Gasteiger partial charge in [-0.2, -0.15) is 4.98 Å². The highest BCUT2D eigenvalue weighted by molar-refractivity contribution is 7.99. The highest BCUT2D eigenvalue weighted by atomic mass is 32.2. The van der Waals surface area contributed by atoms with E-state index in [1.165, 1.54) is 19.3 Å². The molecule has 2 aromatic carbocycles. The Hall–Kier alpha value is -3.26. The largest absolute Gasteiger partial charge is 0.494 e. The van der Waals surface area contributed by atoms with E-state index >= 15 is 0 Å². The summed E-state index contributed by atoms with van der Waals surface area (Å²) >= 11 is 1.62. The van der Waals surface area contributed by atoms with E-state index in [1.54, 1.807) is 11.8 Å². The lowest BCUT2D eigenvalue weighted by atomic mass is 9.95. The van der Waals surface area contributed by atoms with Gasteiger partial charge in [-0.3, -0.25) is 4.79 Å². The Morgan fingerprint density at radius 1 is 1.08 bits per heavy atom. The Bertz CT molecular complexity index is 1240. The van der Waals surface area contributed by atoms with Crippen LogP contribution >= 0.6 is 11.8 Å². The van der Waals surface area contributed by atoms with Crippen molar-refractivity contribution in [2.45, 2.75) is 71.0 Å². The predicted octanol–water partition coefficient (Wildman–Crippen LogP) is 6.98. The first-order valence-corrected chi connectivity index (χ1v) is 14.2. The minimum absolute atomic E-state index is 0.166. The number of rotatable bonds is 12. The van der Waals surface area contributed by atoms with E-state index in [2.05, 4.69) is 24.5 Å². The fraction of sp³-hybridized carbons (Fsp3) is 0.414. The SMILES string of the molecule is CCCCCCOc1ccc(C2C(C(=O)Nc3cccc(C)c3)=C(C)Nc3nc(SCCC)nn32)cc1. The zero-order valence-electron chi connectivity index (χ0n) is 22.2.